The number of carbonyl (C=O) groups is 1. The van der Waals surface area contributed by atoms with E-state index in [1.165, 1.54) is 19.2 Å². The Morgan fingerprint density at radius 2 is 2.06 bits per heavy atom. The van der Waals surface area contributed by atoms with E-state index in [4.69, 9.17) is 9.84 Å². The Hall–Kier alpha value is -1.05. The number of pyridine rings is 1. The highest BCUT2D eigenvalue weighted by Gasteiger charge is 2.17. The zero-order valence-electron chi connectivity index (χ0n) is 9.81. The number of halogens is 1. The molecule has 1 aromatic heterocycles. The third-order valence-electron chi connectivity index (χ3n) is 2.13. The van der Waals surface area contributed by atoms with Gasteiger partial charge in [0.2, 0.25) is 0 Å². The van der Waals surface area contributed by atoms with Crippen LogP contribution in [0.1, 0.15) is 26.8 Å². The third kappa shape index (κ3) is 3.45. The normalized spacial score (nSPS) is 12.5. The molecule has 1 aromatic rings. The fourth-order valence-electron chi connectivity index (χ4n) is 1.27. The molecule has 5 nitrogen and oxygen atoms in total. The van der Waals surface area contributed by atoms with Gasteiger partial charge in [0.1, 0.15) is 11.8 Å². The Labute approximate surface area is 113 Å². The van der Waals surface area contributed by atoms with Crippen molar-refractivity contribution in [2.24, 2.45) is 0 Å². The fraction of sp³-hybridized carbons (Fsp3) is 0.455. The van der Waals surface area contributed by atoms with Crippen molar-refractivity contribution >= 4 is 28.6 Å². The van der Waals surface area contributed by atoms with Gasteiger partial charge in [0, 0.05) is 6.07 Å². The van der Waals surface area contributed by atoms with Crippen LogP contribution in [-0.4, -0.2) is 21.7 Å². The third-order valence-corrected chi connectivity index (χ3v) is 2.98. The lowest BCUT2D eigenvalue weighted by molar-refractivity contribution is -0.140. The maximum absolute atomic E-state index is 11.7. The summed E-state index contributed by atoms with van der Waals surface area (Å²) in [5.74, 6) is -0.530. The average molecular weight is 351 g/mol. The van der Waals surface area contributed by atoms with E-state index >= 15 is 0 Å². The number of aromatic nitrogens is 1. The van der Waals surface area contributed by atoms with Gasteiger partial charge in [-0.3, -0.25) is 9.36 Å². The quantitative estimate of drug-likeness (QED) is 0.842. The smallest absolute Gasteiger partial charge is 0.326 e. The molecule has 1 N–H and O–H groups in total. The summed E-state index contributed by atoms with van der Waals surface area (Å²) in [6.07, 6.45) is 1.41. The first kappa shape index (κ1) is 14.0. The van der Waals surface area contributed by atoms with Crippen molar-refractivity contribution in [1.29, 1.82) is 0 Å². The highest BCUT2D eigenvalue weighted by molar-refractivity contribution is 14.1. The molecule has 0 radical (unpaired) electrons. The molecular formula is C11H14INO4. The topological polar surface area (TPSA) is 68.5 Å². The standard InChI is InChI=1S/C11H14INO4/c1-6(2)17-9-5-13(7(3)11(15)16)10(14)4-8(9)12/h4-7H,1-3H3,(H,15,16). The Balaban J connectivity index is 3.23. The maximum Gasteiger partial charge on any atom is 0.326 e. The molecular weight excluding hydrogens is 337 g/mol. The number of hydrogen-bond donors (Lipinski definition) is 1. The largest absolute Gasteiger partial charge is 0.488 e. The number of rotatable bonds is 4. The van der Waals surface area contributed by atoms with Crippen LogP contribution in [0.3, 0.4) is 0 Å². The first-order valence-electron chi connectivity index (χ1n) is 5.14. The molecule has 0 saturated carbocycles. The SMILES string of the molecule is CC(C)Oc1cn(C(C)C(=O)O)c(=O)cc1I. The predicted octanol–water partition coefficient (Wildman–Crippen LogP) is 1.89. The van der Waals surface area contributed by atoms with Crippen molar-refractivity contribution in [2.45, 2.75) is 32.9 Å². The van der Waals surface area contributed by atoms with Crippen molar-refractivity contribution < 1.29 is 14.6 Å². The molecule has 0 fully saturated rings. The molecule has 6 heteroatoms. The summed E-state index contributed by atoms with van der Waals surface area (Å²) in [5.41, 5.74) is -0.347. The molecule has 0 bridgehead atoms. The molecule has 0 saturated heterocycles. The number of aliphatic carboxylic acids is 1. The van der Waals surface area contributed by atoms with Crippen LogP contribution in [0, 0.1) is 3.57 Å². The Bertz CT molecular complexity index is 481. The molecule has 0 spiro atoms. The van der Waals surface area contributed by atoms with Gasteiger partial charge in [-0.1, -0.05) is 0 Å². The van der Waals surface area contributed by atoms with Crippen LogP contribution in [0.4, 0.5) is 0 Å². The van der Waals surface area contributed by atoms with Crippen molar-refractivity contribution in [3.63, 3.8) is 0 Å². The lowest BCUT2D eigenvalue weighted by Crippen LogP contribution is -2.28. The van der Waals surface area contributed by atoms with E-state index in [0.717, 1.165) is 4.57 Å². The molecule has 1 rings (SSSR count). The lowest BCUT2D eigenvalue weighted by atomic mass is 10.3. The van der Waals surface area contributed by atoms with Gasteiger partial charge >= 0.3 is 5.97 Å². The van der Waals surface area contributed by atoms with Crippen molar-refractivity contribution in [3.05, 3.63) is 26.2 Å². The highest BCUT2D eigenvalue weighted by atomic mass is 127. The molecule has 1 heterocycles. The summed E-state index contributed by atoms with van der Waals surface area (Å²) in [6, 6.07) is 0.464. The molecule has 1 unspecified atom stereocenters. The van der Waals surface area contributed by atoms with E-state index in [-0.39, 0.29) is 11.7 Å². The van der Waals surface area contributed by atoms with Gasteiger partial charge in [-0.15, -0.1) is 0 Å². The highest BCUT2D eigenvalue weighted by Crippen LogP contribution is 2.21. The predicted molar refractivity (Wildman–Crippen MR) is 71.5 cm³/mol. The summed E-state index contributed by atoms with van der Waals surface area (Å²) in [4.78, 5) is 22.5. The second-order valence-electron chi connectivity index (χ2n) is 3.91. The van der Waals surface area contributed by atoms with Gasteiger partial charge in [-0.05, 0) is 43.4 Å². The number of hydrogen-bond acceptors (Lipinski definition) is 3. The number of nitrogens with zero attached hydrogens (tertiary/aromatic N) is 1. The zero-order valence-corrected chi connectivity index (χ0v) is 12.0. The minimum Gasteiger partial charge on any atom is -0.488 e. The van der Waals surface area contributed by atoms with Crippen LogP contribution in [0.15, 0.2) is 17.1 Å². The van der Waals surface area contributed by atoms with Gasteiger partial charge < -0.3 is 9.84 Å². The molecule has 0 aliphatic rings. The second-order valence-corrected chi connectivity index (χ2v) is 5.07. The molecule has 0 aromatic carbocycles. The Kier molecular flexibility index (Phi) is 4.55. The van der Waals surface area contributed by atoms with Crippen LogP contribution in [0.5, 0.6) is 5.75 Å². The summed E-state index contributed by atoms with van der Waals surface area (Å²) >= 11 is 1.99. The van der Waals surface area contributed by atoms with Crippen molar-refractivity contribution in [3.8, 4) is 5.75 Å². The minimum absolute atomic E-state index is 0.0328. The number of carboxylic acid groups (broad SMARTS) is 1. The van der Waals surface area contributed by atoms with E-state index in [1.54, 1.807) is 0 Å². The Morgan fingerprint density at radius 1 is 1.47 bits per heavy atom. The van der Waals surface area contributed by atoms with Crippen molar-refractivity contribution in [2.75, 3.05) is 0 Å². The maximum atomic E-state index is 11.7. The van der Waals surface area contributed by atoms with Crippen molar-refractivity contribution in [1.82, 2.24) is 4.57 Å². The molecule has 94 valence electrons. The second kappa shape index (κ2) is 5.52. The molecule has 17 heavy (non-hydrogen) atoms. The summed E-state index contributed by atoms with van der Waals surface area (Å²) in [5, 5.41) is 8.90. The van der Waals surface area contributed by atoms with E-state index in [2.05, 4.69) is 0 Å². The lowest BCUT2D eigenvalue weighted by Gasteiger charge is -2.16. The van der Waals surface area contributed by atoms with Crippen LogP contribution in [0.25, 0.3) is 0 Å². The molecule has 1 atom stereocenters. The molecule has 0 aliphatic heterocycles. The van der Waals surface area contributed by atoms with Gasteiger partial charge in [0.05, 0.1) is 15.9 Å². The van der Waals surface area contributed by atoms with E-state index < -0.39 is 12.0 Å². The van der Waals surface area contributed by atoms with Gasteiger partial charge in [0.15, 0.2) is 0 Å². The van der Waals surface area contributed by atoms with Crippen LogP contribution in [0.2, 0.25) is 0 Å². The van der Waals surface area contributed by atoms with Gasteiger partial charge in [-0.2, -0.15) is 0 Å². The number of ether oxygens (including phenoxy) is 1. The summed E-state index contributed by atoms with van der Waals surface area (Å²) in [7, 11) is 0. The first-order valence-corrected chi connectivity index (χ1v) is 6.22. The van der Waals surface area contributed by atoms with E-state index in [0.29, 0.717) is 9.32 Å². The average Bonchev–Trinajstić information content (AvgIpc) is 2.20. The minimum atomic E-state index is -1.05. The van der Waals surface area contributed by atoms with Gasteiger partial charge in [0.25, 0.3) is 5.56 Å². The molecule has 0 aliphatic carbocycles. The number of carboxylic acids is 1. The van der Waals surface area contributed by atoms with Crippen LogP contribution < -0.4 is 10.3 Å². The first-order chi connectivity index (χ1) is 7.82. The summed E-state index contributed by atoms with van der Waals surface area (Å²) in [6.45, 7) is 5.19. The fourth-order valence-corrected chi connectivity index (χ4v) is 1.80. The Morgan fingerprint density at radius 3 is 2.53 bits per heavy atom. The molecule has 0 amide bonds. The monoisotopic (exact) mass is 351 g/mol. The van der Waals surface area contributed by atoms with E-state index in [1.807, 2.05) is 36.4 Å². The summed E-state index contributed by atoms with van der Waals surface area (Å²) < 4.78 is 7.34. The van der Waals surface area contributed by atoms with E-state index in [9.17, 15) is 9.59 Å². The van der Waals surface area contributed by atoms with Crippen LogP contribution in [-0.2, 0) is 4.79 Å². The zero-order chi connectivity index (χ0) is 13.2. The van der Waals surface area contributed by atoms with Gasteiger partial charge in [-0.25, -0.2) is 4.79 Å². The van der Waals surface area contributed by atoms with Crippen LogP contribution >= 0.6 is 22.6 Å².